The van der Waals surface area contributed by atoms with Crippen LogP contribution < -0.4 is 5.32 Å². The van der Waals surface area contributed by atoms with Crippen LogP contribution >= 0.6 is 11.8 Å². The fraction of sp³-hybridized carbons (Fsp3) is 0.917. The van der Waals surface area contributed by atoms with Gasteiger partial charge in [0.15, 0.2) is 5.17 Å². The molecule has 15 heavy (non-hydrogen) atoms. The Hall–Kier alpha value is -0.180. The fourth-order valence-electron chi connectivity index (χ4n) is 2.45. The van der Waals surface area contributed by atoms with Crippen molar-refractivity contribution >= 4 is 16.9 Å². The number of nitrogens with one attached hydrogen (secondary N) is 1. The average Bonchev–Trinajstić information content (AvgIpc) is 2.65. The van der Waals surface area contributed by atoms with Gasteiger partial charge in [-0.1, -0.05) is 38.5 Å². The molecule has 3 atom stereocenters. The van der Waals surface area contributed by atoms with Gasteiger partial charge >= 0.3 is 0 Å². The molecular formula is C12H22N2S. The summed E-state index contributed by atoms with van der Waals surface area (Å²) in [6, 6.07) is 0.690. The predicted octanol–water partition coefficient (Wildman–Crippen LogP) is 3.04. The quantitative estimate of drug-likeness (QED) is 0.782. The largest absolute Gasteiger partial charge is 0.362 e. The molecule has 2 aliphatic rings. The summed E-state index contributed by atoms with van der Waals surface area (Å²) >= 11 is 1.94. The predicted molar refractivity (Wildman–Crippen MR) is 68.5 cm³/mol. The van der Waals surface area contributed by atoms with Gasteiger partial charge in [-0.25, -0.2) is 0 Å². The SMILES string of the molecule is CCC1CN=C(NC2CCCC(C)C2)S1. The first-order valence-corrected chi connectivity index (χ1v) is 7.13. The van der Waals surface area contributed by atoms with Crippen LogP contribution in [0.4, 0.5) is 0 Å². The van der Waals surface area contributed by atoms with Gasteiger partial charge in [-0.2, -0.15) is 0 Å². The number of aliphatic imine (C=N–C) groups is 1. The van der Waals surface area contributed by atoms with Crippen LogP contribution in [0, 0.1) is 5.92 Å². The van der Waals surface area contributed by atoms with Crippen molar-refractivity contribution in [3.8, 4) is 0 Å². The number of hydrogen-bond acceptors (Lipinski definition) is 3. The maximum Gasteiger partial charge on any atom is 0.157 e. The van der Waals surface area contributed by atoms with Gasteiger partial charge in [0.1, 0.15) is 0 Å². The highest BCUT2D eigenvalue weighted by Crippen LogP contribution is 2.27. The van der Waals surface area contributed by atoms with E-state index in [0.29, 0.717) is 6.04 Å². The normalized spacial score (nSPS) is 36.4. The van der Waals surface area contributed by atoms with E-state index < -0.39 is 0 Å². The van der Waals surface area contributed by atoms with Gasteiger partial charge in [0.05, 0.1) is 6.54 Å². The second kappa shape index (κ2) is 5.24. The van der Waals surface area contributed by atoms with Crippen LogP contribution in [0.15, 0.2) is 4.99 Å². The molecule has 0 aromatic carbocycles. The van der Waals surface area contributed by atoms with E-state index in [1.54, 1.807) is 0 Å². The molecule has 0 radical (unpaired) electrons. The van der Waals surface area contributed by atoms with Crippen molar-refractivity contribution in [3.05, 3.63) is 0 Å². The van der Waals surface area contributed by atoms with E-state index in [4.69, 9.17) is 0 Å². The summed E-state index contributed by atoms with van der Waals surface area (Å²) in [6.45, 7) is 5.64. The molecule has 0 aromatic rings. The molecule has 0 aromatic heterocycles. The Morgan fingerprint density at radius 1 is 1.47 bits per heavy atom. The van der Waals surface area contributed by atoms with E-state index in [1.165, 1.54) is 37.3 Å². The van der Waals surface area contributed by atoms with Gasteiger partial charge in [0.2, 0.25) is 0 Å². The van der Waals surface area contributed by atoms with Crippen LogP contribution in [-0.4, -0.2) is 23.0 Å². The summed E-state index contributed by atoms with van der Waals surface area (Å²) in [4.78, 5) is 4.58. The van der Waals surface area contributed by atoms with Crippen LogP contribution in [0.2, 0.25) is 0 Å². The summed E-state index contributed by atoms with van der Waals surface area (Å²) < 4.78 is 0. The summed E-state index contributed by atoms with van der Waals surface area (Å²) in [5.74, 6) is 0.894. The molecule has 1 heterocycles. The molecule has 0 bridgehead atoms. The van der Waals surface area contributed by atoms with Crippen molar-refractivity contribution in [2.24, 2.45) is 10.9 Å². The topological polar surface area (TPSA) is 24.4 Å². The minimum Gasteiger partial charge on any atom is -0.362 e. The smallest absolute Gasteiger partial charge is 0.157 e. The molecule has 3 unspecified atom stereocenters. The second-order valence-electron chi connectivity index (χ2n) is 4.91. The zero-order valence-corrected chi connectivity index (χ0v) is 10.6. The third-order valence-electron chi connectivity index (χ3n) is 3.44. The highest BCUT2D eigenvalue weighted by Gasteiger charge is 2.23. The standard InChI is InChI=1S/C12H22N2S/c1-3-11-8-13-12(15-11)14-10-6-4-5-9(2)7-10/h9-11H,3-8H2,1-2H3,(H,13,14). The van der Waals surface area contributed by atoms with E-state index in [1.807, 2.05) is 11.8 Å². The third kappa shape index (κ3) is 3.13. The van der Waals surface area contributed by atoms with Crippen molar-refractivity contribution in [1.29, 1.82) is 0 Å². The van der Waals surface area contributed by atoms with Gasteiger partial charge in [0, 0.05) is 11.3 Å². The molecule has 1 aliphatic carbocycles. The first-order chi connectivity index (χ1) is 7.28. The summed E-state index contributed by atoms with van der Waals surface area (Å²) in [7, 11) is 0. The van der Waals surface area contributed by atoms with Gasteiger partial charge in [-0.3, -0.25) is 4.99 Å². The van der Waals surface area contributed by atoms with Crippen molar-refractivity contribution < 1.29 is 0 Å². The molecule has 0 amide bonds. The van der Waals surface area contributed by atoms with Crippen molar-refractivity contribution in [2.45, 2.75) is 57.2 Å². The number of thioether (sulfide) groups is 1. The number of amidine groups is 1. The Labute approximate surface area is 97.3 Å². The number of hydrogen-bond donors (Lipinski definition) is 1. The molecule has 0 saturated heterocycles. The lowest BCUT2D eigenvalue weighted by Gasteiger charge is -2.28. The van der Waals surface area contributed by atoms with Crippen molar-refractivity contribution in [3.63, 3.8) is 0 Å². The van der Waals surface area contributed by atoms with Crippen LogP contribution in [0.1, 0.15) is 46.0 Å². The van der Waals surface area contributed by atoms with Crippen LogP contribution in [0.3, 0.4) is 0 Å². The minimum absolute atomic E-state index is 0.690. The maximum absolute atomic E-state index is 4.58. The molecule has 1 aliphatic heterocycles. The number of rotatable bonds is 2. The van der Waals surface area contributed by atoms with Crippen molar-refractivity contribution in [1.82, 2.24) is 5.32 Å². The molecule has 0 spiro atoms. The Balaban J connectivity index is 1.77. The van der Waals surface area contributed by atoms with E-state index in [0.717, 1.165) is 17.7 Å². The highest BCUT2D eigenvalue weighted by molar-refractivity contribution is 8.14. The molecule has 86 valence electrons. The molecule has 3 heteroatoms. The molecule has 1 N–H and O–H groups in total. The Kier molecular flexibility index (Phi) is 3.95. The van der Waals surface area contributed by atoms with Crippen LogP contribution in [-0.2, 0) is 0 Å². The lowest BCUT2D eigenvalue weighted by molar-refractivity contribution is 0.327. The lowest BCUT2D eigenvalue weighted by atomic mass is 9.87. The molecule has 2 rings (SSSR count). The van der Waals surface area contributed by atoms with Crippen molar-refractivity contribution in [2.75, 3.05) is 6.54 Å². The summed E-state index contributed by atoms with van der Waals surface area (Å²) in [5, 5.41) is 5.56. The lowest BCUT2D eigenvalue weighted by Crippen LogP contribution is -2.36. The second-order valence-corrected chi connectivity index (χ2v) is 6.20. The van der Waals surface area contributed by atoms with E-state index in [-0.39, 0.29) is 0 Å². The fourth-order valence-corrected chi connectivity index (χ4v) is 3.46. The summed E-state index contributed by atoms with van der Waals surface area (Å²) in [6.07, 6.45) is 6.70. The van der Waals surface area contributed by atoms with Gasteiger partial charge in [-0.15, -0.1) is 0 Å². The van der Waals surface area contributed by atoms with Gasteiger partial charge in [-0.05, 0) is 25.2 Å². The monoisotopic (exact) mass is 226 g/mol. The third-order valence-corrected chi connectivity index (χ3v) is 4.72. The van der Waals surface area contributed by atoms with E-state index in [2.05, 4.69) is 24.2 Å². The zero-order valence-electron chi connectivity index (χ0n) is 9.83. The molecule has 1 saturated carbocycles. The zero-order chi connectivity index (χ0) is 10.7. The molecule has 1 fully saturated rings. The summed E-state index contributed by atoms with van der Waals surface area (Å²) in [5.41, 5.74) is 0. The molecule has 2 nitrogen and oxygen atoms in total. The van der Waals surface area contributed by atoms with Gasteiger partial charge in [0.25, 0.3) is 0 Å². The van der Waals surface area contributed by atoms with Gasteiger partial charge < -0.3 is 5.32 Å². The highest BCUT2D eigenvalue weighted by atomic mass is 32.2. The minimum atomic E-state index is 0.690. The number of nitrogens with zero attached hydrogens (tertiary/aromatic N) is 1. The Morgan fingerprint density at radius 3 is 3.00 bits per heavy atom. The first-order valence-electron chi connectivity index (χ1n) is 6.25. The average molecular weight is 226 g/mol. The van der Waals surface area contributed by atoms with E-state index >= 15 is 0 Å². The Morgan fingerprint density at radius 2 is 2.33 bits per heavy atom. The molecular weight excluding hydrogens is 204 g/mol. The Bertz CT molecular complexity index is 240. The van der Waals surface area contributed by atoms with Crippen LogP contribution in [0.5, 0.6) is 0 Å². The first kappa shape index (κ1) is 11.3. The van der Waals surface area contributed by atoms with Crippen LogP contribution in [0.25, 0.3) is 0 Å². The van der Waals surface area contributed by atoms with E-state index in [9.17, 15) is 0 Å². The maximum atomic E-state index is 4.58.